The van der Waals surface area contributed by atoms with Crippen molar-refractivity contribution in [1.29, 1.82) is 0 Å². The highest BCUT2D eigenvalue weighted by atomic mass is 35.5. The Morgan fingerprint density at radius 3 is 2.53 bits per heavy atom. The van der Waals surface area contributed by atoms with Gasteiger partial charge in [0.25, 0.3) is 0 Å². The average molecular weight is 485 g/mol. The molecule has 1 saturated heterocycles. The number of fused-ring (bicyclic) bond motifs is 1. The van der Waals surface area contributed by atoms with E-state index in [1.165, 1.54) is 0 Å². The van der Waals surface area contributed by atoms with Crippen molar-refractivity contribution in [2.45, 2.75) is 38.7 Å². The van der Waals surface area contributed by atoms with Gasteiger partial charge in [0.05, 0.1) is 6.61 Å². The molecule has 3 aromatic rings. The molecule has 2 aromatic carbocycles. The quantitative estimate of drug-likeness (QED) is 0.374. The van der Waals surface area contributed by atoms with Gasteiger partial charge in [-0.2, -0.15) is 0 Å². The van der Waals surface area contributed by atoms with Crippen LogP contribution in [0, 0.1) is 0 Å². The van der Waals surface area contributed by atoms with E-state index >= 15 is 0 Å². The van der Waals surface area contributed by atoms with Gasteiger partial charge in [0.1, 0.15) is 17.4 Å². The molecule has 0 N–H and O–H groups in total. The molecule has 1 aromatic heterocycles. The van der Waals surface area contributed by atoms with Crippen LogP contribution < -0.4 is 9.47 Å². The van der Waals surface area contributed by atoms with Gasteiger partial charge in [-0.25, -0.2) is 0 Å². The van der Waals surface area contributed by atoms with Crippen LogP contribution >= 0.6 is 12.4 Å². The lowest BCUT2D eigenvalue weighted by molar-refractivity contribution is -0.132. The fourth-order valence-corrected chi connectivity index (χ4v) is 4.22. The summed E-state index contributed by atoms with van der Waals surface area (Å²) in [4.78, 5) is 18.4. The Morgan fingerprint density at radius 1 is 1.06 bits per heavy atom. The van der Waals surface area contributed by atoms with E-state index in [9.17, 15) is 4.79 Å². The van der Waals surface area contributed by atoms with E-state index in [0.29, 0.717) is 19.6 Å². The van der Waals surface area contributed by atoms with Crippen molar-refractivity contribution < 1.29 is 19.0 Å². The van der Waals surface area contributed by atoms with E-state index in [0.717, 1.165) is 65.9 Å². The first-order valence-electron chi connectivity index (χ1n) is 11.7. The molecule has 0 aliphatic carbocycles. The lowest BCUT2D eigenvalue weighted by atomic mass is 10.0. The number of benzene rings is 2. The minimum absolute atomic E-state index is 0. The number of methoxy groups -OCH3 is 1. The first kappa shape index (κ1) is 25.8. The maximum Gasteiger partial charge on any atom is 0.222 e. The molecule has 34 heavy (non-hydrogen) atoms. The first-order valence-corrected chi connectivity index (χ1v) is 11.7. The van der Waals surface area contributed by atoms with E-state index in [2.05, 4.69) is 29.2 Å². The number of hydrogen-bond acceptors (Lipinski definition) is 5. The van der Waals surface area contributed by atoms with Crippen molar-refractivity contribution in [3.8, 4) is 22.6 Å². The third kappa shape index (κ3) is 6.19. The summed E-state index contributed by atoms with van der Waals surface area (Å²) in [5.41, 5.74) is 2.93. The number of amides is 1. The topological polar surface area (TPSA) is 60.9 Å². The maximum atomic E-state index is 11.9. The molecule has 0 atom stereocenters. The first-order chi connectivity index (χ1) is 16.2. The zero-order valence-electron chi connectivity index (χ0n) is 19.9. The molecule has 1 aliphatic heterocycles. The average Bonchev–Trinajstić information content (AvgIpc) is 2.87. The Hall–Kier alpha value is -2.83. The van der Waals surface area contributed by atoms with Crippen LogP contribution in [-0.2, 0) is 9.53 Å². The van der Waals surface area contributed by atoms with E-state index < -0.39 is 0 Å². The molecular formula is C27H33ClN2O4. The summed E-state index contributed by atoms with van der Waals surface area (Å²) in [5.74, 6) is 1.87. The van der Waals surface area contributed by atoms with E-state index in [1.54, 1.807) is 13.3 Å². The Balaban J connectivity index is 0.00000324. The summed E-state index contributed by atoms with van der Waals surface area (Å²) < 4.78 is 17.5. The van der Waals surface area contributed by atoms with Crippen molar-refractivity contribution in [2.75, 3.05) is 33.4 Å². The number of likely N-dealkylation sites (tertiary alicyclic amines) is 1. The number of carbonyl (C=O) groups excluding carboxylic acids is 1. The number of piperidine rings is 1. The number of carbonyl (C=O) groups is 1. The minimum Gasteiger partial charge on any atom is -0.491 e. The number of hydrogen-bond donors (Lipinski definition) is 0. The van der Waals surface area contributed by atoms with Crippen molar-refractivity contribution in [3.63, 3.8) is 0 Å². The van der Waals surface area contributed by atoms with Gasteiger partial charge in [-0.15, -0.1) is 12.4 Å². The molecule has 4 rings (SSSR count). The van der Waals surface area contributed by atoms with Crippen LogP contribution in [0.4, 0.5) is 0 Å². The second kappa shape index (κ2) is 12.6. The molecule has 182 valence electrons. The van der Waals surface area contributed by atoms with Gasteiger partial charge < -0.3 is 19.1 Å². The molecule has 1 fully saturated rings. The number of pyridine rings is 1. The summed E-state index contributed by atoms with van der Waals surface area (Å²) >= 11 is 0. The SMILES string of the molecule is CCC(=O)N1CCC(Oc2ccc(-c3ccc4cccnc4c3OCCCOC)cc2)CC1.Cl. The molecular weight excluding hydrogens is 452 g/mol. The van der Waals surface area contributed by atoms with Gasteiger partial charge in [0.2, 0.25) is 5.91 Å². The predicted molar refractivity (Wildman–Crippen MR) is 137 cm³/mol. The molecule has 2 heterocycles. The predicted octanol–water partition coefficient (Wildman–Crippen LogP) is 5.52. The maximum absolute atomic E-state index is 11.9. The molecule has 0 radical (unpaired) electrons. The van der Waals surface area contributed by atoms with Crippen LogP contribution in [0.3, 0.4) is 0 Å². The van der Waals surface area contributed by atoms with Crippen molar-refractivity contribution >= 4 is 29.2 Å². The van der Waals surface area contributed by atoms with Crippen LogP contribution in [0.1, 0.15) is 32.6 Å². The summed E-state index contributed by atoms with van der Waals surface area (Å²) in [6, 6.07) is 16.3. The number of halogens is 1. The largest absolute Gasteiger partial charge is 0.491 e. The van der Waals surface area contributed by atoms with E-state index in [-0.39, 0.29) is 24.4 Å². The van der Waals surface area contributed by atoms with Crippen LogP contribution in [-0.4, -0.2) is 55.3 Å². The molecule has 0 saturated carbocycles. The standard InChI is InChI=1S/C27H32N2O4.ClH/c1-3-25(30)29-16-13-23(14-17-29)33-22-10-7-20(8-11-22)24-12-9-21-6-4-15-28-26(21)27(24)32-19-5-18-31-2;/h4,6-12,15,23H,3,5,13-14,16-19H2,1-2H3;1H. The van der Waals surface area contributed by atoms with Crippen molar-refractivity contribution in [1.82, 2.24) is 9.88 Å². The van der Waals surface area contributed by atoms with Crippen molar-refractivity contribution in [2.24, 2.45) is 0 Å². The second-order valence-electron chi connectivity index (χ2n) is 8.29. The zero-order valence-corrected chi connectivity index (χ0v) is 20.7. The highest BCUT2D eigenvalue weighted by molar-refractivity contribution is 5.92. The van der Waals surface area contributed by atoms with Gasteiger partial charge in [-0.1, -0.05) is 31.2 Å². The van der Waals surface area contributed by atoms with Crippen LogP contribution in [0.5, 0.6) is 11.5 Å². The Labute approximate surface area is 207 Å². The molecule has 1 aliphatic rings. The molecule has 1 amide bonds. The third-order valence-corrected chi connectivity index (χ3v) is 6.03. The molecule has 6 nitrogen and oxygen atoms in total. The minimum atomic E-state index is 0. The van der Waals surface area contributed by atoms with Gasteiger partial charge in [0, 0.05) is 69.6 Å². The highest BCUT2D eigenvalue weighted by Crippen LogP contribution is 2.36. The summed E-state index contributed by atoms with van der Waals surface area (Å²) in [5, 5.41) is 1.05. The summed E-state index contributed by atoms with van der Waals surface area (Å²) in [6.07, 6.45) is 5.04. The Kier molecular flexibility index (Phi) is 9.54. The summed E-state index contributed by atoms with van der Waals surface area (Å²) in [7, 11) is 1.70. The van der Waals surface area contributed by atoms with Crippen LogP contribution in [0.15, 0.2) is 54.7 Å². The third-order valence-electron chi connectivity index (χ3n) is 6.03. The van der Waals surface area contributed by atoms with Crippen LogP contribution in [0.2, 0.25) is 0 Å². The van der Waals surface area contributed by atoms with Gasteiger partial charge in [-0.05, 0) is 29.8 Å². The number of rotatable bonds is 9. The van der Waals surface area contributed by atoms with Gasteiger partial charge in [0.15, 0.2) is 5.75 Å². The molecule has 0 spiro atoms. The lowest BCUT2D eigenvalue weighted by Gasteiger charge is -2.32. The number of ether oxygens (including phenoxy) is 3. The number of nitrogens with zero attached hydrogens (tertiary/aromatic N) is 2. The zero-order chi connectivity index (χ0) is 23.0. The molecule has 0 bridgehead atoms. The van der Waals surface area contributed by atoms with Crippen LogP contribution in [0.25, 0.3) is 22.0 Å². The second-order valence-corrected chi connectivity index (χ2v) is 8.29. The van der Waals surface area contributed by atoms with E-state index in [1.807, 2.05) is 36.1 Å². The molecule has 7 heteroatoms. The number of aromatic nitrogens is 1. The smallest absolute Gasteiger partial charge is 0.222 e. The highest BCUT2D eigenvalue weighted by Gasteiger charge is 2.23. The fourth-order valence-electron chi connectivity index (χ4n) is 4.22. The van der Waals surface area contributed by atoms with Gasteiger partial charge in [-0.3, -0.25) is 9.78 Å². The fraction of sp³-hybridized carbons (Fsp3) is 0.407. The lowest BCUT2D eigenvalue weighted by Crippen LogP contribution is -2.41. The summed E-state index contributed by atoms with van der Waals surface area (Å²) in [6.45, 7) is 4.67. The monoisotopic (exact) mass is 484 g/mol. The normalized spacial score (nSPS) is 14.0. The van der Waals surface area contributed by atoms with Gasteiger partial charge >= 0.3 is 0 Å². The Morgan fingerprint density at radius 2 is 1.82 bits per heavy atom. The van der Waals surface area contributed by atoms with Crippen molar-refractivity contribution in [3.05, 3.63) is 54.7 Å². The van der Waals surface area contributed by atoms with E-state index in [4.69, 9.17) is 14.2 Å². The molecule has 0 unspecified atom stereocenters. The Bertz CT molecular complexity index is 1070.